The van der Waals surface area contributed by atoms with Gasteiger partial charge in [-0.05, 0) is 70.7 Å². The van der Waals surface area contributed by atoms with Crippen LogP contribution in [0.3, 0.4) is 0 Å². The molecule has 3 aromatic carbocycles. The molecule has 4 rings (SSSR count). The van der Waals surface area contributed by atoms with Crippen LogP contribution in [0.5, 0.6) is 5.75 Å². The molecule has 1 N–H and O–H groups in total. The zero-order valence-electron chi connectivity index (χ0n) is 16.6. The summed E-state index contributed by atoms with van der Waals surface area (Å²) in [7, 11) is 0. The topological polar surface area (TPSA) is 46.5 Å². The number of carboxylic acid groups (broad SMARTS) is 1. The first kappa shape index (κ1) is 19.6. The maximum absolute atomic E-state index is 14.7. The van der Waals surface area contributed by atoms with Crippen molar-refractivity contribution in [2.75, 3.05) is 0 Å². The monoisotopic (exact) mass is 400 g/mol. The molecule has 0 spiro atoms. The fourth-order valence-corrected chi connectivity index (χ4v) is 3.78. The number of benzene rings is 3. The molecule has 0 saturated carbocycles. The summed E-state index contributed by atoms with van der Waals surface area (Å²) < 4.78 is 20.5. The van der Waals surface area contributed by atoms with Crippen LogP contribution in [0.15, 0.2) is 78.4 Å². The highest BCUT2D eigenvalue weighted by atomic mass is 19.1. The first-order valence-electron chi connectivity index (χ1n) is 9.72. The van der Waals surface area contributed by atoms with Crippen molar-refractivity contribution in [3.8, 4) is 5.75 Å². The maximum Gasteiger partial charge on any atom is 0.307 e. The van der Waals surface area contributed by atoms with Gasteiger partial charge in [-0.1, -0.05) is 48.5 Å². The molecular formula is C26H21FO3. The molecule has 0 fully saturated rings. The number of hydrogen-bond donors (Lipinski definition) is 1. The zero-order valence-corrected chi connectivity index (χ0v) is 16.6. The highest BCUT2D eigenvalue weighted by Gasteiger charge is 2.27. The third kappa shape index (κ3) is 4.03. The Labute approximate surface area is 174 Å². The van der Waals surface area contributed by atoms with Gasteiger partial charge in [-0.25, -0.2) is 4.39 Å². The van der Waals surface area contributed by atoms with Gasteiger partial charge in [0.15, 0.2) is 0 Å². The Kier molecular flexibility index (Phi) is 5.48. The molecule has 0 unspecified atom stereocenters. The number of fused-ring (bicyclic) bond motifs is 1. The summed E-state index contributed by atoms with van der Waals surface area (Å²) in [4.78, 5) is 11.3. The molecule has 0 radical (unpaired) electrons. The molecule has 0 heterocycles. The summed E-state index contributed by atoms with van der Waals surface area (Å²) in [6, 6.07) is 22.3. The van der Waals surface area contributed by atoms with E-state index in [0.29, 0.717) is 23.3 Å². The van der Waals surface area contributed by atoms with Gasteiger partial charge < -0.3 is 9.84 Å². The smallest absolute Gasteiger partial charge is 0.307 e. The van der Waals surface area contributed by atoms with E-state index in [4.69, 9.17) is 4.74 Å². The van der Waals surface area contributed by atoms with E-state index >= 15 is 0 Å². The largest absolute Gasteiger partial charge is 0.489 e. The SMILES string of the molecule is CC1=C(CC(=O)O)c2cccc(F)c2/C1=C\c1cccc(COc2ccccc2)c1. The summed E-state index contributed by atoms with van der Waals surface area (Å²) in [6.07, 6.45) is 1.78. The van der Waals surface area contributed by atoms with Crippen LogP contribution in [0.25, 0.3) is 17.2 Å². The fraction of sp³-hybridized carbons (Fsp3) is 0.115. The van der Waals surface area contributed by atoms with E-state index in [1.54, 1.807) is 12.1 Å². The van der Waals surface area contributed by atoms with Crippen molar-refractivity contribution >= 4 is 23.2 Å². The summed E-state index contributed by atoms with van der Waals surface area (Å²) in [5.74, 6) is -0.479. The molecular weight excluding hydrogens is 379 g/mol. The van der Waals surface area contributed by atoms with E-state index in [9.17, 15) is 14.3 Å². The normalized spacial score (nSPS) is 14.1. The number of rotatable bonds is 6. The summed E-state index contributed by atoms with van der Waals surface area (Å²) in [5.41, 5.74) is 5.20. The summed E-state index contributed by atoms with van der Waals surface area (Å²) in [6.45, 7) is 2.27. The number of aliphatic carboxylic acids is 1. The molecule has 1 aliphatic carbocycles. The lowest BCUT2D eigenvalue weighted by Gasteiger charge is -2.08. The second-order valence-corrected chi connectivity index (χ2v) is 7.24. The second kappa shape index (κ2) is 8.37. The molecule has 30 heavy (non-hydrogen) atoms. The van der Waals surface area contributed by atoms with Gasteiger partial charge in [0, 0.05) is 5.56 Å². The quantitative estimate of drug-likeness (QED) is 0.535. The van der Waals surface area contributed by atoms with Crippen molar-refractivity contribution in [1.29, 1.82) is 0 Å². The van der Waals surface area contributed by atoms with E-state index < -0.39 is 5.97 Å². The number of halogens is 1. The minimum atomic E-state index is -0.930. The van der Waals surface area contributed by atoms with Gasteiger partial charge in [0.05, 0.1) is 6.42 Å². The molecule has 0 amide bonds. The Balaban J connectivity index is 1.67. The zero-order chi connectivity index (χ0) is 21.1. The lowest BCUT2D eigenvalue weighted by molar-refractivity contribution is -0.135. The molecule has 3 nitrogen and oxygen atoms in total. The molecule has 0 aliphatic heterocycles. The second-order valence-electron chi connectivity index (χ2n) is 7.24. The molecule has 0 saturated heterocycles. The fourth-order valence-electron chi connectivity index (χ4n) is 3.78. The van der Waals surface area contributed by atoms with Gasteiger partial charge in [-0.15, -0.1) is 0 Å². The van der Waals surface area contributed by atoms with Gasteiger partial charge in [0.2, 0.25) is 0 Å². The van der Waals surface area contributed by atoms with Crippen LogP contribution in [0, 0.1) is 5.82 Å². The molecule has 0 aromatic heterocycles. The van der Waals surface area contributed by atoms with Crippen molar-refractivity contribution in [3.05, 3.63) is 106 Å². The van der Waals surface area contributed by atoms with Crippen LogP contribution in [0.4, 0.5) is 4.39 Å². The number of carbonyl (C=O) groups is 1. The van der Waals surface area contributed by atoms with Crippen LogP contribution in [-0.4, -0.2) is 11.1 Å². The van der Waals surface area contributed by atoms with Crippen LogP contribution in [0.2, 0.25) is 0 Å². The Morgan fingerprint density at radius 3 is 2.57 bits per heavy atom. The molecule has 4 heteroatoms. The average molecular weight is 400 g/mol. The van der Waals surface area contributed by atoms with Gasteiger partial charge in [-0.2, -0.15) is 0 Å². The first-order chi connectivity index (χ1) is 14.5. The molecule has 3 aromatic rings. The van der Waals surface area contributed by atoms with Crippen molar-refractivity contribution < 1.29 is 19.0 Å². The van der Waals surface area contributed by atoms with Gasteiger partial charge >= 0.3 is 5.97 Å². The maximum atomic E-state index is 14.7. The van der Waals surface area contributed by atoms with Gasteiger partial charge in [-0.3, -0.25) is 4.79 Å². The number of allylic oxidation sites excluding steroid dienone is 2. The van der Waals surface area contributed by atoms with Crippen LogP contribution in [-0.2, 0) is 11.4 Å². The van der Waals surface area contributed by atoms with E-state index in [-0.39, 0.29) is 12.2 Å². The number of para-hydroxylation sites is 1. The van der Waals surface area contributed by atoms with Crippen molar-refractivity contribution in [1.82, 2.24) is 0 Å². The van der Waals surface area contributed by atoms with Gasteiger partial charge in [0.25, 0.3) is 0 Å². The molecule has 1 aliphatic rings. The number of carboxylic acids is 1. The number of ether oxygens (including phenoxy) is 1. The van der Waals surface area contributed by atoms with Gasteiger partial charge in [0.1, 0.15) is 18.2 Å². The highest BCUT2D eigenvalue weighted by molar-refractivity contribution is 6.07. The predicted octanol–water partition coefficient (Wildman–Crippen LogP) is 6.21. The highest BCUT2D eigenvalue weighted by Crippen LogP contribution is 2.44. The van der Waals surface area contributed by atoms with Crippen molar-refractivity contribution in [3.63, 3.8) is 0 Å². The minimum Gasteiger partial charge on any atom is -0.489 e. The van der Waals surface area contributed by atoms with E-state index in [1.807, 2.05) is 67.6 Å². The van der Waals surface area contributed by atoms with E-state index in [2.05, 4.69) is 0 Å². The van der Waals surface area contributed by atoms with Crippen molar-refractivity contribution in [2.24, 2.45) is 0 Å². The predicted molar refractivity (Wildman–Crippen MR) is 116 cm³/mol. The van der Waals surface area contributed by atoms with Crippen LogP contribution in [0.1, 0.15) is 35.6 Å². The Morgan fingerprint density at radius 1 is 1.03 bits per heavy atom. The lowest BCUT2D eigenvalue weighted by atomic mass is 9.99. The Bertz CT molecular complexity index is 1160. The number of hydrogen-bond acceptors (Lipinski definition) is 2. The first-order valence-corrected chi connectivity index (χ1v) is 9.72. The lowest BCUT2D eigenvalue weighted by Crippen LogP contribution is -1.97. The van der Waals surface area contributed by atoms with E-state index in [0.717, 1.165) is 28.0 Å². The third-order valence-electron chi connectivity index (χ3n) is 5.20. The third-order valence-corrected chi connectivity index (χ3v) is 5.20. The standard InChI is InChI=1S/C26H21FO3/c1-17-22(15-25(28)29)21-11-6-12-24(27)26(21)23(17)14-18-7-5-8-19(13-18)16-30-20-9-3-2-4-10-20/h2-14H,15-16H2,1H3,(H,28,29)/b23-14-. The van der Waals surface area contributed by atoms with Crippen molar-refractivity contribution in [2.45, 2.75) is 20.0 Å². The average Bonchev–Trinajstić information content (AvgIpc) is 3.00. The molecule has 150 valence electrons. The summed E-state index contributed by atoms with van der Waals surface area (Å²) in [5, 5.41) is 9.29. The molecule has 0 bridgehead atoms. The molecule has 0 atom stereocenters. The minimum absolute atomic E-state index is 0.134. The Hall–Kier alpha value is -3.66. The summed E-state index contributed by atoms with van der Waals surface area (Å²) >= 11 is 0. The Morgan fingerprint density at radius 2 is 1.80 bits per heavy atom. The van der Waals surface area contributed by atoms with E-state index in [1.165, 1.54) is 6.07 Å². The van der Waals surface area contributed by atoms with Crippen LogP contribution >= 0.6 is 0 Å². The van der Waals surface area contributed by atoms with Crippen LogP contribution < -0.4 is 4.74 Å².